The summed E-state index contributed by atoms with van der Waals surface area (Å²) in [6, 6.07) is 0.639. The number of nitrogens with zero attached hydrogens (tertiary/aromatic N) is 2. The van der Waals surface area contributed by atoms with E-state index in [4.69, 9.17) is 4.52 Å². The molecule has 24 heavy (non-hydrogen) atoms. The summed E-state index contributed by atoms with van der Waals surface area (Å²) < 4.78 is 4.87. The summed E-state index contributed by atoms with van der Waals surface area (Å²) >= 11 is 0. The average Bonchev–Trinajstić information content (AvgIpc) is 3.04. The van der Waals surface area contributed by atoms with Gasteiger partial charge >= 0.3 is 0 Å². The molecule has 7 nitrogen and oxygen atoms in total. The van der Waals surface area contributed by atoms with E-state index in [1.807, 2.05) is 0 Å². The van der Waals surface area contributed by atoms with Crippen molar-refractivity contribution < 1.29 is 18.9 Å². The first kappa shape index (κ1) is 18.2. The Labute approximate surface area is 141 Å². The second-order valence-corrected chi connectivity index (χ2v) is 6.49. The van der Waals surface area contributed by atoms with Gasteiger partial charge in [-0.3, -0.25) is 14.4 Å². The SMILES string of the molecule is Cc1cc(C(=O)N(C)C(C)C(=O)C(=O)NCC2CCCCC2)no1. The van der Waals surface area contributed by atoms with Crippen LogP contribution in [0.2, 0.25) is 0 Å². The second-order valence-electron chi connectivity index (χ2n) is 6.49. The van der Waals surface area contributed by atoms with E-state index in [9.17, 15) is 14.4 Å². The van der Waals surface area contributed by atoms with Gasteiger partial charge in [-0.05, 0) is 32.6 Å². The highest BCUT2D eigenvalue weighted by molar-refractivity contribution is 6.38. The molecule has 7 heteroatoms. The molecule has 1 aromatic heterocycles. The largest absolute Gasteiger partial charge is 0.361 e. The monoisotopic (exact) mass is 335 g/mol. The lowest BCUT2D eigenvalue weighted by Gasteiger charge is -2.24. The molecule has 0 saturated heterocycles. The van der Waals surface area contributed by atoms with Crippen molar-refractivity contribution in [2.24, 2.45) is 5.92 Å². The zero-order chi connectivity index (χ0) is 17.7. The lowest BCUT2D eigenvalue weighted by atomic mass is 9.89. The van der Waals surface area contributed by atoms with Crippen molar-refractivity contribution in [2.75, 3.05) is 13.6 Å². The van der Waals surface area contributed by atoms with Crippen LogP contribution in [0.4, 0.5) is 0 Å². The van der Waals surface area contributed by atoms with Gasteiger partial charge in [0.1, 0.15) is 5.76 Å². The fraction of sp³-hybridized carbons (Fsp3) is 0.647. The van der Waals surface area contributed by atoms with E-state index in [1.165, 1.54) is 44.2 Å². The molecular formula is C17H25N3O4. The molecule has 0 bridgehead atoms. The van der Waals surface area contributed by atoms with Gasteiger partial charge in [-0.25, -0.2) is 0 Å². The first-order valence-corrected chi connectivity index (χ1v) is 8.42. The number of likely N-dealkylation sites (N-methyl/N-ethyl adjacent to an activating group) is 1. The van der Waals surface area contributed by atoms with E-state index >= 15 is 0 Å². The molecule has 1 aliphatic rings. The molecule has 2 rings (SSSR count). The van der Waals surface area contributed by atoms with Crippen molar-refractivity contribution in [3.05, 3.63) is 17.5 Å². The Morgan fingerprint density at radius 3 is 2.58 bits per heavy atom. The third-order valence-electron chi connectivity index (χ3n) is 4.63. The normalized spacial score (nSPS) is 16.5. The first-order valence-electron chi connectivity index (χ1n) is 8.42. The summed E-state index contributed by atoms with van der Waals surface area (Å²) in [7, 11) is 1.48. The molecule has 1 atom stereocenters. The number of hydrogen-bond acceptors (Lipinski definition) is 5. The highest BCUT2D eigenvalue weighted by atomic mass is 16.5. The molecule has 0 aromatic carbocycles. The van der Waals surface area contributed by atoms with Crippen LogP contribution in [0.25, 0.3) is 0 Å². The van der Waals surface area contributed by atoms with Crippen molar-refractivity contribution >= 4 is 17.6 Å². The summed E-state index contributed by atoms with van der Waals surface area (Å²) in [5.41, 5.74) is 0.122. The van der Waals surface area contributed by atoms with E-state index in [1.54, 1.807) is 6.92 Å². The van der Waals surface area contributed by atoms with Crippen LogP contribution in [0.5, 0.6) is 0 Å². The predicted molar refractivity (Wildman–Crippen MR) is 87.4 cm³/mol. The minimum atomic E-state index is -0.860. The van der Waals surface area contributed by atoms with Crippen LogP contribution in [0.15, 0.2) is 10.6 Å². The average molecular weight is 335 g/mol. The molecule has 0 radical (unpaired) electrons. The van der Waals surface area contributed by atoms with Gasteiger partial charge < -0.3 is 14.7 Å². The first-order chi connectivity index (χ1) is 11.4. The molecule has 1 fully saturated rings. The number of hydrogen-bond donors (Lipinski definition) is 1. The molecule has 1 heterocycles. The number of aromatic nitrogens is 1. The van der Waals surface area contributed by atoms with Crippen molar-refractivity contribution in [1.82, 2.24) is 15.4 Å². The van der Waals surface area contributed by atoms with Crippen LogP contribution in [0, 0.1) is 12.8 Å². The van der Waals surface area contributed by atoms with Gasteiger partial charge in [-0.1, -0.05) is 24.4 Å². The number of nitrogens with one attached hydrogen (secondary N) is 1. The molecule has 1 aliphatic carbocycles. The van der Waals surface area contributed by atoms with Gasteiger partial charge in [0.25, 0.3) is 11.8 Å². The zero-order valence-corrected chi connectivity index (χ0v) is 14.5. The van der Waals surface area contributed by atoms with Crippen molar-refractivity contribution in [3.8, 4) is 0 Å². The van der Waals surface area contributed by atoms with Gasteiger partial charge in [0, 0.05) is 19.7 Å². The minimum absolute atomic E-state index is 0.122. The van der Waals surface area contributed by atoms with Crippen LogP contribution in [0.1, 0.15) is 55.3 Å². The van der Waals surface area contributed by atoms with Crippen LogP contribution < -0.4 is 5.32 Å². The van der Waals surface area contributed by atoms with E-state index in [2.05, 4.69) is 10.5 Å². The van der Waals surface area contributed by atoms with Crippen molar-refractivity contribution in [3.63, 3.8) is 0 Å². The van der Waals surface area contributed by atoms with Gasteiger partial charge in [0.15, 0.2) is 5.69 Å². The summed E-state index contributed by atoms with van der Waals surface area (Å²) in [6.07, 6.45) is 5.79. The van der Waals surface area contributed by atoms with E-state index in [-0.39, 0.29) is 5.69 Å². The molecular weight excluding hydrogens is 310 g/mol. The Morgan fingerprint density at radius 1 is 1.33 bits per heavy atom. The van der Waals surface area contributed by atoms with Crippen LogP contribution in [-0.4, -0.2) is 47.3 Å². The van der Waals surface area contributed by atoms with Gasteiger partial charge in [0.2, 0.25) is 5.78 Å². The molecule has 2 amide bonds. The molecule has 1 aromatic rings. The van der Waals surface area contributed by atoms with Gasteiger partial charge in [0.05, 0.1) is 6.04 Å². The Morgan fingerprint density at radius 2 is 2.00 bits per heavy atom. The molecule has 1 N–H and O–H groups in total. The molecule has 0 aliphatic heterocycles. The van der Waals surface area contributed by atoms with Crippen LogP contribution in [-0.2, 0) is 9.59 Å². The highest BCUT2D eigenvalue weighted by Crippen LogP contribution is 2.22. The third kappa shape index (κ3) is 4.43. The fourth-order valence-electron chi connectivity index (χ4n) is 2.90. The van der Waals surface area contributed by atoms with Crippen LogP contribution in [0.3, 0.4) is 0 Å². The Bertz CT molecular complexity index is 605. The second kappa shape index (κ2) is 8.08. The zero-order valence-electron chi connectivity index (χ0n) is 14.5. The minimum Gasteiger partial charge on any atom is -0.361 e. The third-order valence-corrected chi connectivity index (χ3v) is 4.63. The summed E-state index contributed by atoms with van der Waals surface area (Å²) in [5.74, 6) is -0.752. The maximum Gasteiger partial charge on any atom is 0.289 e. The fourth-order valence-corrected chi connectivity index (χ4v) is 2.90. The number of rotatable bonds is 6. The summed E-state index contributed by atoms with van der Waals surface area (Å²) in [4.78, 5) is 37.8. The Hall–Kier alpha value is -2.18. The highest BCUT2D eigenvalue weighted by Gasteiger charge is 2.29. The quantitative estimate of drug-likeness (QED) is 0.799. The number of Topliss-reactive ketones (excluding diaryl/α,β-unsaturated/α-hetero) is 1. The van der Waals surface area contributed by atoms with E-state index < -0.39 is 23.6 Å². The number of ketones is 1. The Balaban J connectivity index is 1.87. The number of amides is 2. The van der Waals surface area contributed by atoms with Gasteiger partial charge in [-0.2, -0.15) is 0 Å². The maximum absolute atomic E-state index is 12.3. The Kier molecular flexibility index (Phi) is 6.11. The maximum atomic E-state index is 12.3. The summed E-state index contributed by atoms with van der Waals surface area (Å²) in [5, 5.41) is 6.35. The lowest BCUT2D eigenvalue weighted by Crippen LogP contribution is -2.47. The smallest absolute Gasteiger partial charge is 0.289 e. The van der Waals surface area contributed by atoms with Gasteiger partial charge in [-0.15, -0.1) is 0 Å². The predicted octanol–water partition coefficient (Wildman–Crippen LogP) is 1.71. The molecule has 1 unspecified atom stereocenters. The number of carbonyl (C=O) groups excluding carboxylic acids is 3. The number of carbonyl (C=O) groups is 3. The van der Waals surface area contributed by atoms with E-state index in [0.717, 1.165) is 12.8 Å². The summed E-state index contributed by atoms with van der Waals surface area (Å²) in [6.45, 7) is 3.74. The van der Waals surface area contributed by atoms with Crippen molar-refractivity contribution in [1.29, 1.82) is 0 Å². The van der Waals surface area contributed by atoms with Crippen molar-refractivity contribution in [2.45, 2.75) is 52.0 Å². The molecule has 0 spiro atoms. The lowest BCUT2D eigenvalue weighted by molar-refractivity contribution is -0.140. The number of aryl methyl sites for hydroxylation is 1. The van der Waals surface area contributed by atoms with E-state index in [0.29, 0.717) is 18.2 Å². The topological polar surface area (TPSA) is 92.5 Å². The molecule has 132 valence electrons. The van der Waals surface area contributed by atoms with Crippen LogP contribution >= 0.6 is 0 Å². The molecule has 1 saturated carbocycles. The standard InChI is InChI=1S/C17H25N3O4/c1-11-9-14(19-24-11)17(23)20(3)12(2)15(21)16(22)18-10-13-7-5-4-6-8-13/h9,12-13H,4-8,10H2,1-3H3,(H,18,22).